The Morgan fingerprint density at radius 3 is 2.41 bits per heavy atom. The minimum Gasteiger partial charge on any atom is -0.331 e. The number of likely N-dealkylation sites (N-methyl/N-ethyl adjacent to an activating group) is 1. The van der Waals surface area contributed by atoms with Gasteiger partial charge in [0.05, 0.1) is 17.9 Å². The molecule has 0 unspecified atom stereocenters. The fraction of sp³-hybridized carbons (Fsp3) is 0.333. The zero-order valence-electron chi connectivity index (χ0n) is 17.6. The van der Waals surface area contributed by atoms with E-state index in [-0.39, 0.29) is 18.4 Å². The number of hydrogen-bond donors (Lipinski definition) is 2. The molecule has 2 N–H and O–H groups in total. The van der Waals surface area contributed by atoms with Crippen molar-refractivity contribution in [3.05, 3.63) is 52.5 Å². The molecule has 1 aromatic carbocycles. The fourth-order valence-electron chi connectivity index (χ4n) is 3.39. The van der Waals surface area contributed by atoms with Gasteiger partial charge in [-0.3, -0.25) is 19.4 Å². The lowest BCUT2D eigenvalue weighted by Gasteiger charge is -2.17. The first-order chi connectivity index (χ1) is 13.7. The van der Waals surface area contributed by atoms with Gasteiger partial charge in [0.25, 0.3) is 5.91 Å². The first-order valence-electron chi connectivity index (χ1n) is 9.36. The maximum atomic E-state index is 12.7. The van der Waals surface area contributed by atoms with Crippen LogP contribution < -0.4 is 5.32 Å². The third-order valence-corrected chi connectivity index (χ3v) is 5.05. The Hall–Kier alpha value is -3.42. The highest BCUT2D eigenvalue weighted by molar-refractivity contribution is 5.99. The van der Waals surface area contributed by atoms with Gasteiger partial charge >= 0.3 is 0 Å². The van der Waals surface area contributed by atoms with E-state index in [1.165, 1.54) is 4.90 Å². The summed E-state index contributed by atoms with van der Waals surface area (Å²) >= 11 is 0. The van der Waals surface area contributed by atoms with E-state index in [0.717, 1.165) is 33.8 Å². The van der Waals surface area contributed by atoms with Crippen molar-refractivity contribution in [2.75, 3.05) is 18.9 Å². The molecule has 0 saturated carbocycles. The number of anilines is 1. The molecule has 0 aliphatic rings. The van der Waals surface area contributed by atoms with Crippen LogP contribution in [0.2, 0.25) is 0 Å². The van der Waals surface area contributed by atoms with Gasteiger partial charge in [0, 0.05) is 31.0 Å². The van der Waals surface area contributed by atoms with Crippen LogP contribution in [-0.2, 0) is 11.8 Å². The third kappa shape index (κ3) is 4.06. The molecule has 0 radical (unpaired) electrons. The zero-order chi connectivity index (χ0) is 21.3. The van der Waals surface area contributed by atoms with Gasteiger partial charge in [0.15, 0.2) is 0 Å². The smallest absolute Gasteiger partial charge is 0.272 e. The molecular formula is C21H26N6O2. The number of aromatic amines is 1. The number of carbonyl (C=O) groups is 2. The summed E-state index contributed by atoms with van der Waals surface area (Å²) < 4.78 is 1.78. The molecule has 152 valence electrons. The molecule has 3 rings (SSSR count). The number of aromatic nitrogens is 4. The SMILES string of the molecule is Cc1cccc(C)c1NC(=O)CN(C)C(=O)c1cc(-c2c(C)nn(C)c2C)n[nH]1. The van der Waals surface area contributed by atoms with E-state index in [9.17, 15) is 9.59 Å². The second-order valence-electron chi connectivity index (χ2n) is 7.31. The van der Waals surface area contributed by atoms with Crippen molar-refractivity contribution >= 4 is 17.5 Å². The summed E-state index contributed by atoms with van der Waals surface area (Å²) in [5.74, 6) is -0.559. The number of aryl methyl sites for hydroxylation is 4. The van der Waals surface area contributed by atoms with Crippen LogP contribution in [0.3, 0.4) is 0 Å². The Morgan fingerprint density at radius 2 is 1.83 bits per heavy atom. The molecule has 0 saturated heterocycles. The van der Waals surface area contributed by atoms with E-state index in [2.05, 4.69) is 20.6 Å². The maximum absolute atomic E-state index is 12.7. The van der Waals surface area contributed by atoms with Gasteiger partial charge in [0.1, 0.15) is 5.69 Å². The standard InChI is InChI=1S/C21H26N6O2/c1-12-8-7-9-13(2)20(12)22-18(28)11-26(5)21(29)17-10-16(23-24-17)19-14(3)25-27(6)15(19)4/h7-10H,11H2,1-6H3,(H,22,28)(H,23,24). The lowest BCUT2D eigenvalue weighted by Crippen LogP contribution is -2.35. The number of nitrogens with one attached hydrogen (secondary N) is 2. The summed E-state index contributed by atoms with van der Waals surface area (Å²) in [7, 11) is 3.46. The first kappa shape index (κ1) is 20.3. The summed E-state index contributed by atoms with van der Waals surface area (Å²) in [4.78, 5) is 26.5. The lowest BCUT2D eigenvalue weighted by molar-refractivity contribution is -0.116. The van der Waals surface area contributed by atoms with E-state index in [0.29, 0.717) is 11.4 Å². The minimum atomic E-state index is -0.306. The van der Waals surface area contributed by atoms with Gasteiger partial charge in [-0.1, -0.05) is 18.2 Å². The van der Waals surface area contributed by atoms with Gasteiger partial charge in [-0.25, -0.2) is 0 Å². The van der Waals surface area contributed by atoms with E-state index in [1.807, 2.05) is 52.9 Å². The van der Waals surface area contributed by atoms with Crippen LogP contribution >= 0.6 is 0 Å². The summed E-state index contributed by atoms with van der Waals surface area (Å²) in [6.07, 6.45) is 0. The molecule has 2 amide bonds. The molecule has 0 aliphatic heterocycles. The normalized spacial score (nSPS) is 10.8. The highest BCUT2D eigenvalue weighted by Gasteiger charge is 2.21. The van der Waals surface area contributed by atoms with Crippen LogP contribution in [0.15, 0.2) is 24.3 Å². The van der Waals surface area contributed by atoms with E-state index in [1.54, 1.807) is 17.8 Å². The number of nitrogens with zero attached hydrogens (tertiary/aromatic N) is 4. The Bertz CT molecular complexity index is 1060. The molecule has 0 fully saturated rings. The van der Waals surface area contributed by atoms with Gasteiger partial charge < -0.3 is 10.2 Å². The van der Waals surface area contributed by atoms with E-state index >= 15 is 0 Å². The number of rotatable bonds is 5. The molecule has 0 atom stereocenters. The average Bonchev–Trinajstić information content (AvgIpc) is 3.22. The van der Waals surface area contributed by atoms with Crippen LogP contribution in [0.25, 0.3) is 11.3 Å². The van der Waals surface area contributed by atoms with E-state index in [4.69, 9.17) is 0 Å². The van der Waals surface area contributed by atoms with Gasteiger partial charge in [-0.05, 0) is 44.9 Å². The van der Waals surface area contributed by atoms with Gasteiger partial charge in [-0.2, -0.15) is 10.2 Å². The number of carbonyl (C=O) groups excluding carboxylic acids is 2. The molecule has 3 aromatic rings. The zero-order valence-corrected chi connectivity index (χ0v) is 17.6. The van der Waals surface area contributed by atoms with Crippen LogP contribution in [0.5, 0.6) is 0 Å². The molecule has 8 nitrogen and oxygen atoms in total. The quantitative estimate of drug-likeness (QED) is 0.695. The van der Waals surface area contributed by atoms with Crippen molar-refractivity contribution < 1.29 is 9.59 Å². The number of hydrogen-bond acceptors (Lipinski definition) is 4. The van der Waals surface area contributed by atoms with Crippen LogP contribution in [0.1, 0.15) is 33.0 Å². The number of H-pyrrole nitrogens is 1. The van der Waals surface area contributed by atoms with Crippen molar-refractivity contribution in [1.82, 2.24) is 24.9 Å². The average molecular weight is 394 g/mol. The Balaban J connectivity index is 1.71. The Labute approximate surface area is 169 Å². The molecular weight excluding hydrogens is 368 g/mol. The second-order valence-corrected chi connectivity index (χ2v) is 7.31. The third-order valence-electron chi connectivity index (χ3n) is 5.05. The van der Waals surface area contributed by atoms with Crippen molar-refractivity contribution in [3.8, 4) is 11.3 Å². The summed E-state index contributed by atoms with van der Waals surface area (Å²) in [6, 6.07) is 7.51. The summed E-state index contributed by atoms with van der Waals surface area (Å²) in [5.41, 5.74) is 6.43. The predicted octanol–water partition coefficient (Wildman–Crippen LogP) is 2.75. The van der Waals surface area contributed by atoms with Crippen molar-refractivity contribution in [2.45, 2.75) is 27.7 Å². The van der Waals surface area contributed by atoms with Crippen LogP contribution in [0.4, 0.5) is 5.69 Å². The molecule has 8 heteroatoms. The van der Waals surface area contributed by atoms with Crippen LogP contribution in [0, 0.1) is 27.7 Å². The predicted molar refractivity (Wildman–Crippen MR) is 112 cm³/mol. The monoisotopic (exact) mass is 394 g/mol. The Morgan fingerprint density at radius 1 is 1.17 bits per heavy atom. The molecule has 0 spiro atoms. The molecule has 0 bridgehead atoms. The minimum absolute atomic E-state index is 0.0636. The fourth-order valence-corrected chi connectivity index (χ4v) is 3.39. The molecule has 0 aliphatic carbocycles. The number of para-hydroxylation sites is 1. The van der Waals surface area contributed by atoms with Gasteiger partial charge in [0.2, 0.25) is 5.91 Å². The lowest BCUT2D eigenvalue weighted by atomic mass is 10.1. The molecule has 29 heavy (non-hydrogen) atoms. The Kier molecular flexibility index (Phi) is 5.54. The number of benzene rings is 1. The highest BCUT2D eigenvalue weighted by Crippen LogP contribution is 2.25. The van der Waals surface area contributed by atoms with Gasteiger partial charge in [-0.15, -0.1) is 0 Å². The van der Waals surface area contributed by atoms with Crippen molar-refractivity contribution in [2.24, 2.45) is 7.05 Å². The topological polar surface area (TPSA) is 95.9 Å². The second kappa shape index (κ2) is 7.90. The van der Waals surface area contributed by atoms with Crippen molar-refractivity contribution in [3.63, 3.8) is 0 Å². The highest BCUT2D eigenvalue weighted by atomic mass is 16.2. The maximum Gasteiger partial charge on any atom is 0.272 e. The number of amides is 2. The molecule has 2 aromatic heterocycles. The summed E-state index contributed by atoms with van der Waals surface area (Å²) in [6.45, 7) is 7.67. The van der Waals surface area contributed by atoms with Crippen LogP contribution in [-0.4, -0.2) is 50.3 Å². The van der Waals surface area contributed by atoms with E-state index < -0.39 is 0 Å². The molecule has 2 heterocycles. The largest absolute Gasteiger partial charge is 0.331 e. The first-order valence-corrected chi connectivity index (χ1v) is 9.36. The summed E-state index contributed by atoms with van der Waals surface area (Å²) in [5, 5.41) is 14.3. The van der Waals surface area contributed by atoms with Crippen molar-refractivity contribution in [1.29, 1.82) is 0 Å².